The SMILES string of the molecule is CN=C(NCc1ccccc1)NCC(C(=O)N1CCOCC1)c1ccccc1. The number of hydrogen-bond acceptors (Lipinski definition) is 3. The number of benzene rings is 2. The number of aliphatic imine (C=N–C) groups is 1. The molecule has 1 amide bonds. The molecule has 1 atom stereocenters. The van der Waals surface area contributed by atoms with Crippen LogP contribution in [0.5, 0.6) is 0 Å². The number of nitrogens with one attached hydrogen (secondary N) is 2. The van der Waals surface area contributed by atoms with E-state index in [4.69, 9.17) is 4.74 Å². The molecule has 6 heteroatoms. The van der Waals surface area contributed by atoms with E-state index in [9.17, 15) is 4.79 Å². The number of morpholine rings is 1. The maximum atomic E-state index is 13.1. The number of guanidine groups is 1. The molecule has 2 aromatic rings. The molecule has 1 fully saturated rings. The van der Waals surface area contributed by atoms with Crippen LogP contribution in [0.15, 0.2) is 65.7 Å². The van der Waals surface area contributed by atoms with Crippen LogP contribution in [0.2, 0.25) is 0 Å². The lowest BCUT2D eigenvalue weighted by atomic mass is 9.97. The van der Waals surface area contributed by atoms with Gasteiger partial charge in [0.1, 0.15) is 0 Å². The second-order valence-corrected chi connectivity index (χ2v) is 6.69. The molecule has 1 saturated heterocycles. The number of carbonyl (C=O) groups is 1. The Kier molecular flexibility index (Phi) is 7.44. The lowest BCUT2D eigenvalue weighted by Crippen LogP contribution is -2.47. The monoisotopic (exact) mass is 380 g/mol. The highest BCUT2D eigenvalue weighted by Crippen LogP contribution is 2.18. The molecule has 0 saturated carbocycles. The third kappa shape index (κ3) is 5.57. The smallest absolute Gasteiger partial charge is 0.232 e. The Hall–Kier alpha value is -2.86. The molecule has 0 bridgehead atoms. The summed E-state index contributed by atoms with van der Waals surface area (Å²) in [5.41, 5.74) is 2.18. The van der Waals surface area contributed by atoms with Crippen molar-refractivity contribution in [3.63, 3.8) is 0 Å². The third-order valence-corrected chi connectivity index (χ3v) is 4.82. The van der Waals surface area contributed by atoms with Crippen molar-refractivity contribution in [2.24, 2.45) is 4.99 Å². The summed E-state index contributed by atoms with van der Waals surface area (Å²) in [6.07, 6.45) is 0. The van der Waals surface area contributed by atoms with Crippen LogP contribution in [-0.4, -0.2) is 56.7 Å². The van der Waals surface area contributed by atoms with E-state index in [2.05, 4.69) is 27.8 Å². The molecule has 0 spiro atoms. The summed E-state index contributed by atoms with van der Waals surface area (Å²) in [4.78, 5) is 19.3. The number of hydrogen-bond donors (Lipinski definition) is 2. The van der Waals surface area contributed by atoms with Crippen LogP contribution in [0.25, 0.3) is 0 Å². The lowest BCUT2D eigenvalue weighted by molar-refractivity contribution is -0.136. The number of amides is 1. The molecule has 1 aliphatic heterocycles. The maximum Gasteiger partial charge on any atom is 0.232 e. The molecular weight excluding hydrogens is 352 g/mol. The zero-order valence-corrected chi connectivity index (χ0v) is 16.3. The van der Waals surface area contributed by atoms with Crippen LogP contribution >= 0.6 is 0 Å². The Morgan fingerprint density at radius 2 is 1.68 bits per heavy atom. The highest BCUT2D eigenvalue weighted by molar-refractivity contribution is 5.86. The van der Waals surface area contributed by atoms with Crippen LogP contribution in [0.4, 0.5) is 0 Å². The Morgan fingerprint density at radius 3 is 2.32 bits per heavy atom. The highest BCUT2D eigenvalue weighted by Gasteiger charge is 2.27. The van der Waals surface area contributed by atoms with E-state index in [0.29, 0.717) is 45.4 Å². The summed E-state index contributed by atoms with van der Waals surface area (Å²) < 4.78 is 5.39. The first-order valence-electron chi connectivity index (χ1n) is 9.68. The minimum atomic E-state index is -0.269. The van der Waals surface area contributed by atoms with E-state index in [1.807, 2.05) is 53.4 Å². The van der Waals surface area contributed by atoms with Crippen molar-refractivity contribution in [2.45, 2.75) is 12.5 Å². The van der Waals surface area contributed by atoms with Crippen molar-refractivity contribution in [2.75, 3.05) is 39.9 Å². The predicted molar refractivity (Wildman–Crippen MR) is 111 cm³/mol. The van der Waals surface area contributed by atoms with Gasteiger partial charge >= 0.3 is 0 Å². The molecule has 2 N–H and O–H groups in total. The topological polar surface area (TPSA) is 66.0 Å². The second kappa shape index (κ2) is 10.5. The zero-order valence-electron chi connectivity index (χ0n) is 16.3. The molecule has 28 heavy (non-hydrogen) atoms. The molecule has 0 aromatic heterocycles. The summed E-state index contributed by atoms with van der Waals surface area (Å²) in [5, 5.41) is 6.62. The molecule has 6 nitrogen and oxygen atoms in total. The van der Waals surface area contributed by atoms with Crippen LogP contribution in [0.1, 0.15) is 17.0 Å². The third-order valence-electron chi connectivity index (χ3n) is 4.82. The van der Waals surface area contributed by atoms with Gasteiger partial charge in [0, 0.05) is 33.2 Å². The molecule has 148 valence electrons. The van der Waals surface area contributed by atoms with Crippen LogP contribution in [-0.2, 0) is 16.1 Å². The molecular formula is C22H28N4O2. The largest absolute Gasteiger partial charge is 0.378 e. The van der Waals surface area contributed by atoms with Gasteiger partial charge in [0.2, 0.25) is 5.91 Å². The van der Waals surface area contributed by atoms with Gasteiger partial charge in [-0.2, -0.15) is 0 Å². The first-order chi connectivity index (χ1) is 13.8. The fourth-order valence-corrected chi connectivity index (χ4v) is 3.24. The standard InChI is InChI=1S/C22H28N4O2/c1-23-22(24-16-18-8-4-2-5-9-18)25-17-20(19-10-6-3-7-11-19)21(27)26-12-14-28-15-13-26/h2-11,20H,12-17H2,1H3,(H2,23,24,25). The molecule has 2 aromatic carbocycles. The number of carbonyl (C=O) groups excluding carboxylic acids is 1. The van der Waals surface area contributed by atoms with Gasteiger partial charge in [-0.3, -0.25) is 9.79 Å². The fourth-order valence-electron chi connectivity index (χ4n) is 3.24. The van der Waals surface area contributed by atoms with Gasteiger partial charge in [-0.05, 0) is 11.1 Å². The Bertz CT molecular complexity index is 759. The molecule has 0 aliphatic carbocycles. The summed E-state index contributed by atoms with van der Waals surface area (Å²) in [7, 11) is 1.74. The Morgan fingerprint density at radius 1 is 1.04 bits per heavy atom. The van der Waals surface area contributed by atoms with E-state index < -0.39 is 0 Å². The first kappa shape index (κ1) is 19.9. The van der Waals surface area contributed by atoms with Crippen LogP contribution in [0.3, 0.4) is 0 Å². The summed E-state index contributed by atoms with van der Waals surface area (Å²) >= 11 is 0. The van der Waals surface area contributed by atoms with Gasteiger partial charge in [-0.15, -0.1) is 0 Å². The number of rotatable bonds is 6. The number of ether oxygens (including phenoxy) is 1. The van der Waals surface area contributed by atoms with E-state index in [0.717, 1.165) is 5.56 Å². The molecule has 1 unspecified atom stereocenters. The average molecular weight is 380 g/mol. The van der Waals surface area contributed by atoms with Gasteiger partial charge < -0.3 is 20.3 Å². The molecule has 3 rings (SSSR count). The highest BCUT2D eigenvalue weighted by atomic mass is 16.5. The van der Waals surface area contributed by atoms with Crippen molar-refractivity contribution in [3.05, 3.63) is 71.8 Å². The minimum Gasteiger partial charge on any atom is -0.378 e. The van der Waals surface area contributed by atoms with Gasteiger partial charge in [0.15, 0.2) is 5.96 Å². The normalized spacial score (nSPS) is 15.8. The summed E-state index contributed by atoms with van der Waals surface area (Å²) in [5.74, 6) is 0.537. The Labute approximate surface area is 166 Å². The van der Waals surface area contributed by atoms with Crippen molar-refractivity contribution >= 4 is 11.9 Å². The van der Waals surface area contributed by atoms with Gasteiger partial charge in [-0.1, -0.05) is 60.7 Å². The molecule has 1 aliphatic rings. The van der Waals surface area contributed by atoms with E-state index in [1.165, 1.54) is 5.56 Å². The van der Waals surface area contributed by atoms with Crippen LogP contribution in [0, 0.1) is 0 Å². The molecule has 0 radical (unpaired) electrons. The molecule has 1 heterocycles. The van der Waals surface area contributed by atoms with Gasteiger partial charge in [0.25, 0.3) is 0 Å². The van der Waals surface area contributed by atoms with E-state index in [-0.39, 0.29) is 11.8 Å². The van der Waals surface area contributed by atoms with Gasteiger partial charge in [0.05, 0.1) is 19.1 Å². The van der Waals surface area contributed by atoms with E-state index in [1.54, 1.807) is 7.05 Å². The zero-order chi connectivity index (χ0) is 19.6. The van der Waals surface area contributed by atoms with Crippen molar-refractivity contribution in [1.82, 2.24) is 15.5 Å². The quantitative estimate of drug-likeness (QED) is 0.594. The van der Waals surface area contributed by atoms with Crippen molar-refractivity contribution in [1.29, 1.82) is 0 Å². The minimum absolute atomic E-state index is 0.125. The summed E-state index contributed by atoms with van der Waals surface area (Å²) in [6, 6.07) is 20.1. The van der Waals surface area contributed by atoms with Crippen molar-refractivity contribution in [3.8, 4) is 0 Å². The van der Waals surface area contributed by atoms with Gasteiger partial charge in [-0.25, -0.2) is 0 Å². The lowest BCUT2D eigenvalue weighted by Gasteiger charge is -2.31. The first-order valence-corrected chi connectivity index (χ1v) is 9.68. The van der Waals surface area contributed by atoms with E-state index >= 15 is 0 Å². The maximum absolute atomic E-state index is 13.1. The number of nitrogens with zero attached hydrogens (tertiary/aromatic N) is 2. The predicted octanol–water partition coefficient (Wildman–Crippen LogP) is 1.99. The van der Waals surface area contributed by atoms with Crippen molar-refractivity contribution < 1.29 is 9.53 Å². The van der Waals surface area contributed by atoms with Crippen LogP contribution < -0.4 is 10.6 Å². The Balaban J connectivity index is 1.64. The summed E-state index contributed by atoms with van der Waals surface area (Å²) in [6.45, 7) is 3.64. The average Bonchev–Trinajstić information content (AvgIpc) is 2.78. The fraction of sp³-hybridized carbons (Fsp3) is 0.364. The second-order valence-electron chi connectivity index (χ2n) is 6.69.